The number of rotatable bonds is 6. The molecule has 1 rings (SSSR count). The summed E-state index contributed by atoms with van der Waals surface area (Å²) >= 11 is 3.47. The van der Waals surface area contributed by atoms with Crippen LogP contribution in [0.2, 0.25) is 0 Å². The van der Waals surface area contributed by atoms with Gasteiger partial charge in [0.15, 0.2) is 0 Å². The smallest absolute Gasteiger partial charge is 0.0728 e. The molecule has 0 spiro atoms. The first-order valence-electron chi connectivity index (χ1n) is 4.73. The third-order valence-electron chi connectivity index (χ3n) is 1.79. The van der Waals surface area contributed by atoms with Gasteiger partial charge in [-0.05, 0) is 18.6 Å². The monoisotopic (exact) mass is 258 g/mol. The zero-order chi connectivity index (χ0) is 10.2. The van der Waals surface area contributed by atoms with E-state index in [0.717, 1.165) is 11.1 Å². The molecule has 0 aliphatic heterocycles. The Morgan fingerprint density at radius 1 is 1.14 bits per heavy atom. The van der Waals surface area contributed by atoms with E-state index in [-0.39, 0.29) is 0 Å². The summed E-state index contributed by atoms with van der Waals surface area (Å²) in [6.45, 7) is 4.68. The van der Waals surface area contributed by atoms with Crippen LogP contribution in [0.3, 0.4) is 0 Å². The fraction of sp³-hybridized carbons (Fsp3) is 0.455. The molecule has 2 nitrogen and oxygen atoms in total. The predicted octanol–water partition coefficient (Wildman–Crippen LogP) is 3.00. The average molecular weight is 259 g/mol. The average Bonchev–Trinajstić information content (AvgIpc) is 2.20. The Kier molecular flexibility index (Phi) is 5.83. The maximum atomic E-state index is 5.45. The van der Waals surface area contributed by atoms with Crippen LogP contribution < -0.4 is 0 Å². The van der Waals surface area contributed by atoms with Gasteiger partial charge in [-0.15, -0.1) is 0 Å². The Bertz CT molecular complexity index is 263. The van der Waals surface area contributed by atoms with Gasteiger partial charge in [-0.3, -0.25) is 0 Å². The number of ether oxygens (including phenoxy) is 2. The molecular weight excluding hydrogens is 244 g/mol. The SMILES string of the molecule is CCOCCOCc1ccccc1Br. The van der Waals surface area contributed by atoms with Gasteiger partial charge in [0.05, 0.1) is 19.8 Å². The van der Waals surface area contributed by atoms with Crippen molar-refractivity contribution in [2.75, 3.05) is 19.8 Å². The predicted molar refractivity (Wildman–Crippen MR) is 60.3 cm³/mol. The first-order chi connectivity index (χ1) is 6.84. The molecule has 0 saturated heterocycles. The van der Waals surface area contributed by atoms with Gasteiger partial charge in [0.25, 0.3) is 0 Å². The van der Waals surface area contributed by atoms with Crippen LogP contribution in [0.1, 0.15) is 12.5 Å². The van der Waals surface area contributed by atoms with Crippen LogP contribution in [0, 0.1) is 0 Å². The highest BCUT2D eigenvalue weighted by atomic mass is 79.9. The van der Waals surface area contributed by atoms with E-state index in [1.807, 2.05) is 31.2 Å². The standard InChI is InChI=1S/C11H15BrO2/c1-2-13-7-8-14-9-10-5-3-4-6-11(10)12/h3-6H,2,7-9H2,1H3. The van der Waals surface area contributed by atoms with Gasteiger partial charge in [-0.25, -0.2) is 0 Å². The van der Waals surface area contributed by atoms with Crippen molar-refractivity contribution >= 4 is 15.9 Å². The molecule has 0 aromatic heterocycles. The molecule has 78 valence electrons. The minimum atomic E-state index is 0.633. The van der Waals surface area contributed by atoms with Crippen molar-refractivity contribution in [2.24, 2.45) is 0 Å². The summed E-state index contributed by atoms with van der Waals surface area (Å²) < 4.78 is 11.7. The molecule has 0 unspecified atom stereocenters. The van der Waals surface area contributed by atoms with Crippen molar-refractivity contribution in [2.45, 2.75) is 13.5 Å². The van der Waals surface area contributed by atoms with Gasteiger partial charge in [-0.2, -0.15) is 0 Å². The minimum Gasteiger partial charge on any atom is -0.379 e. The van der Waals surface area contributed by atoms with Crippen LogP contribution >= 0.6 is 15.9 Å². The molecule has 0 bridgehead atoms. The summed E-state index contributed by atoms with van der Waals surface area (Å²) in [7, 11) is 0. The Labute approximate surface area is 93.4 Å². The highest BCUT2D eigenvalue weighted by Crippen LogP contribution is 2.16. The molecule has 3 heteroatoms. The molecule has 0 fully saturated rings. The van der Waals surface area contributed by atoms with E-state index in [1.54, 1.807) is 0 Å². The van der Waals surface area contributed by atoms with E-state index < -0.39 is 0 Å². The van der Waals surface area contributed by atoms with Crippen LogP contribution in [0.25, 0.3) is 0 Å². The summed E-state index contributed by atoms with van der Waals surface area (Å²) in [6.07, 6.45) is 0. The second-order valence-electron chi connectivity index (χ2n) is 2.84. The molecule has 0 amide bonds. The second-order valence-corrected chi connectivity index (χ2v) is 3.70. The summed E-state index contributed by atoms with van der Waals surface area (Å²) in [4.78, 5) is 0. The van der Waals surface area contributed by atoms with Crippen LogP contribution in [0.5, 0.6) is 0 Å². The molecule has 0 atom stereocenters. The summed E-state index contributed by atoms with van der Waals surface area (Å²) in [5.74, 6) is 0. The second kappa shape index (κ2) is 6.98. The van der Waals surface area contributed by atoms with Crippen molar-refractivity contribution in [3.63, 3.8) is 0 Å². The van der Waals surface area contributed by atoms with Crippen molar-refractivity contribution < 1.29 is 9.47 Å². The minimum absolute atomic E-state index is 0.633. The lowest BCUT2D eigenvalue weighted by atomic mass is 10.2. The van der Waals surface area contributed by atoms with E-state index >= 15 is 0 Å². The zero-order valence-corrected chi connectivity index (χ0v) is 9.92. The summed E-state index contributed by atoms with van der Waals surface area (Å²) in [5, 5.41) is 0. The largest absolute Gasteiger partial charge is 0.379 e. The molecule has 0 saturated carbocycles. The first-order valence-corrected chi connectivity index (χ1v) is 5.52. The molecule has 1 aromatic carbocycles. The molecule has 0 heterocycles. The summed E-state index contributed by atoms with van der Waals surface area (Å²) in [5.41, 5.74) is 1.17. The third-order valence-corrected chi connectivity index (χ3v) is 2.57. The third kappa shape index (κ3) is 4.22. The highest BCUT2D eigenvalue weighted by Gasteiger charge is 1.97. The number of hydrogen-bond acceptors (Lipinski definition) is 2. The van der Waals surface area contributed by atoms with Crippen molar-refractivity contribution in [1.82, 2.24) is 0 Å². The number of hydrogen-bond donors (Lipinski definition) is 0. The molecule has 0 radical (unpaired) electrons. The van der Waals surface area contributed by atoms with E-state index in [0.29, 0.717) is 19.8 Å². The van der Waals surface area contributed by atoms with E-state index in [1.165, 1.54) is 5.56 Å². The zero-order valence-electron chi connectivity index (χ0n) is 8.33. The van der Waals surface area contributed by atoms with Crippen molar-refractivity contribution in [1.29, 1.82) is 0 Å². The molecular formula is C11H15BrO2. The summed E-state index contributed by atoms with van der Waals surface area (Å²) in [6, 6.07) is 8.06. The fourth-order valence-electron chi connectivity index (χ4n) is 1.06. The van der Waals surface area contributed by atoms with E-state index in [9.17, 15) is 0 Å². The Hall–Kier alpha value is -0.380. The normalized spacial score (nSPS) is 10.4. The van der Waals surface area contributed by atoms with Crippen LogP contribution in [0.15, 0.2) is 28.7 Å². The van der Waals surface area contributed by atoms with Gasteiger partial charge in [0.2, 0.25) is 0 Å². The quantitative estimate of drug-likeness (QED) is 0.731. The topological polar surface area (TPSA) is 18.5 Å². The van der Waals surface area contributed by atoms with Gasteiger partial charge in [-0.1, -0.05) is 34.1 Å². The Morgan fingerprint density at radius 3 is 2.57 bits per heavy atom. The molecule has 0 aliphatic carbocycles. The lowest BCUT2D eigenvalue weighted by molar-refractivity contribution is 0.0451. The van der Waals surface area contributed by atoms with Gasteiger partial charge in [0.1, 0.15) is 0 Å². The van der Waals surface area contributed by atoms with Gasteiger partial charge >= 0.3 is 0 Å². The van der Waals surface area contributed by atoms with Crippen molar-refractivity contribution in [3.8, 4) is 0 Å². The number of halogens is 1. The van der Waals surface area contributed by atoms with E-state index in [2.05, 4.69) is 15.9 Å². The van der Waals surface area contributed by atoms with Crippen LogP contribution in [-0.2, 0) is 16.1 Å². The molecule has 14 heavy (non-hydrogen) atoms. The molecule has 0 N–H and O–H groups in total. The number of benzene rings is 1. The van der Waals surface area contributed by atoms with Crippen LogP contribution in [-0.4, -0.2) is 19.8 Å². The molecule has 0 aliphatic rings. The van der Waals surface area contributed by atoms with Gasteiger partial charge in [0, 0.05) is 11.1 Å². The first kappa shape index (κ1) is 11.7. The Balaban J connectivity index is 2.21. The highest BCUT2D eigenvalue weighted by molar-refractivity contribution is 9.10. The lowest BCUT2D eigenvalue weighted by Gasteiger charge is -2.05. The van der Waals surface area contributed by atoms with Crippen molar-refractivity contribution in [3.05, 3.63) is 34.3 Å². The van der Waals surface area contributed by atoms with Crippen LogP contribution in [0.4, 0.5) is 0 Å². The van der Waals surface area contributed by atoms with Gasteiger partial charge < -0.3 is 9.47 Å². The maximum Gasteiger partial charge on any atom is 0.0728 e. The maximum absolute atomic E-state index is 5.45. The Morgan fingerprint density at radius 2 is 1.86 bits per heavy atom. The molecule has 1 aromatic rings. The van der Waals surface area contributed by atoms with E-state index in [4.69, 9.17) is 9.47 Å². The lowest BCUT2D eigenvalue weighted by Crippen LogP contribution is -2.04. The fourth-order valence-corrected chi connectivity index (χ4v) is 1.46.